The van der Waals surface area contributed by atoms with Gasteiger partial charge in [-0.05, 0) is 179 Å². The van der Waals surface area contributed by atoms with Gasteiger partial charge in [0.1, 0.15) is 0 Å². The molecule has 0 spiro atoms. The van der Waals surface area contributed by atoms with Crippen LogP contribution in [0.3, 0.4) is 0 Å². The van der Waals surface area contributed by atoms with Crippen LogP contribution in [0, 0.1) is 58.3 Å². The molecule has 472 valence electrons. The number of hydrogen-bond acceptors (Lipinski definition) is 0. The average Bonchev–Trinajstić information content (AvgIpc) is 4.57. The monoisotopic (exact) mass is 1190 g/mol. The van der Waals surface area contributed by atoms with Crippen LogP contribution in [0.2, 0.25) is 0 Å². The third-order valence-electron chi connectivity index (χ3n) is 18.9. The van der Waals surface area contributed by atoms with E-state index in [-0.39, 0.29) is 22.3 Å². The lowest BCUT2D eigenvalue weighted by Crippen LogP contribution is -2.13. The van der Waals surface area contributed by atoms with Crippen molar-refractivity contribution >= 4 is 0 Å². The van der Waals surface area contributed by atoms with Crippen LogP contribution in [-0.4, -0.2) is 0 Å². The van der Waals surface area contributed by atoms with Gasteiger partial charge in [-0.25, -0.2) is 0 Å². The Hall–Kier alpha value is -7.80. The van der Waals surface area contributed by atoms with Crippen molar-refractivity contribution in [2.45, 2.75) is 172 Å². The van der Waals surface area contributed by atoms with E-state index in [9.17, 15) is 0 Å². The highest BCUT2D eigenvalue weighted by molar-refractivity contribution is 5.69. The Bertz CT molecular complexity index is 3130. The summed E-state index contributed by atoms with van der Waals surface area (Å²) in [4.78, 5) is 0. The lowest BCUT2D eigenvalue weighted by molar-refractivity contribution is 0.280. The Morgan fingerprint density at radius 2 is 0.533 bits per heavy atom. The minimum atomic E-state index is 0. The van der Waals surface area contributed by atoms with E-state index in [2.05, 4.69) is 297 Å². The summed E-state index contributed by atoms with van der Waals surface area (Å²) in [7, 11) is 0. The fraction of sp³-hybridized carbons (Fsp3) is 0.333. The maximum absolute atomic E-state index is 2.47. The molecule has 0 amide bonds. The van der Waals surface area contributed by atoms with Crippen LogP contribution in [0.1, 0.15) is 177 Å². The van der Waals surface area contributed by atoms with Crippen LogP contribution in [-0.2, 0) is 0 Å². The van der Waals surface area contributed by atoms with Crippen molar-refractivity contribution in [2.24, 2.45) is 23.7 Å². The van der Waals surface area contributed by atoms with E-state index in [0.29, 0.717) is 0 Å². The SMILES string of the molecule is C.C.C.CC1CCCC1C1CCCC1.CC1CCCC1c1ccccc1.Cc1ccccc1-c1ccccc1.Cc1ccccc1-c1ccccc1.Cc1ccccc1-c1ccccc1.Cc1ccccc1-c1ccccc1.Cc1ccccc1C1CCCC1. The zero-order valence-electron chi connectivity index (χ0n) is 53.8. The Morgan fingerprint density at radius 1 is 0.244 bits per heavy atom. The average molecular weight is 1190 g/mol. The van der Waals surface area contributed by atoms with Gasteiger partial charge in [0.05, 0.1) is 0 Å². The summed E-state index contributed by atoms with van der Waals surface area (Å²) in [5, 5.41) is 0. The van der Waals surface area contributed by atoms with E-state index in [1.54, 1.807) is 30.4 Å². The van der Waals surface area contributed by atoms with Gasteiger partial charge in [0.25, 0.3) is 0 Å². The fourth-order valence-corrected chi connectivity index (χ4v) is 13.9. The summed E-state index contributed by atoms with van der Waals surface area (Å²) in [6.07, 6.45) is 20.6. The first-order valence-corrected chi connectivity index (χ1v) is 33.2. The van der Waals surface area contributed by atoms with Crippen molar-refractivity contribution in [1.82, 2.24) is 0 Å². The Labute approximate surface area is 549 Å². The second-order valence-corrected chi connectivity index (χ2v) is 25.1. The first-order chi connectivity index (χ1) is 42.6. The van der Waals surface area contributed by atoms with Crippen LogP contribution >= 0.6 is 0 Å². The van der Waals surface area contributed by atoms with Gasteiger partial charge in [0.15, 0.2) is 0 Å². The van der Waals surface area contributed by atoms with E-state index >= 15 is 0 Å². The Kier molecular flexibility index (Phi) is 32.5. The third kappa shape index (κ3) is 22.6. The summed E-state index contributed by atoms with van der Waals surface area (Å²) in [5.74, 6) is 5.91. The topological polar surface area (TPSA) is 0 Å². The van der Waals surface area contributed by atoms with Crippen molar-refractivity contribution in [3.8, 4) is 44.5 Å². The molecule has 0 heteroatoms. The number of aryl methyl sites for hydroxylation is 5. The molecule has 4 saturated carbocycles. The second kappa shape index (κ2) is 40.0. The molecule has 4 atom stereocenters. The van der Waals surface area contributed by atoms with Crippen LogP contribution in [0.4, 0.5) is 0 Å². The molecular formula is C90H112. The van der Waals surface area contributed by atoms with Crippen molar-refractivity contribution in [1.29, 1.82) is 0 Å². The van der Waals surface area contributed by atoms with E-state index < -0.39 is 0 Å². The van der Waals surface area contributed by atoms with Gasteiger partial charge in [-0.1, -0.05) is 373 Å². The number of hydrogen-bond donors (Lipinski definition) is 0. The number of rotatable bonds is 7. The van der Waals surface area contributed by atoms with Crippen molar-refractivity contribution < 1.29 is 0 Å². The highest BCUT2D eigenvalue weighted by atomic mass is 14.4. The van der Waals surface area contributed by atoms with Gasteiger partial charge in [-0.2, -0.15) is 0 Å². The van der Waals surface area contributed by atoms with Gasteiger partial charge in [-0.15, -0.1) is 0 Å². The largest absolute Gasteiger partial charge is 0.0776 e. The van der Waals surface area contributed by atoms with Crippen LogP contribution in [0.25, 0.3) is 44.5 Å². The van der Waals surface area contributed by atoms with Crippen LogP contribution in [0.15, 0.2) is 273 Å². The Balaban J connectivity index is 0.000000190. The first-order valence-electron chi connectivity index (χ1n) is 33.2. The predicted molar refractivity (Wildman–Crippen MR) is 400 cm³/mol. The molecule has 0 heterocycles. The predicted octanol–water partition coefficient (Wildman–Crippen LogP) is 27.4. The zero-order chi connectivity index (χ0) is 60.8. The standard InChI is InChI=1S/4C13H12.2C12H16.C11H20.3CH4/c4*1-11-7-5-6-10-13(11)12-8-3-2-4-9-12;1-10-6-2-5-9-12(10)11-7-3-4-8-11;1-10-6-5-9-12(10)11-7-3-2-4-8-11;1-9-5-4-8-11(9)10-6-2-3-7-10;;;/h4*2-10H,1H3;2,5-6,9,11H,3-4,7-8H2,1H3;2-4,7-8,10,12H,5-6,9H2,1H3;9-11H,2-8H2,1H3;3*1H4. The molecule has 10 aromatic carbocycles. The van der Waals surface area contributed by atoms with Crippen LogP contribution in [0.5, 0.6) is 0 Å². The second-order valence-electron chi connectivity index (χ2n) is 25.1. The highest BCUT2D eigenvalue weighted by Crippen LogP contribution is 2.44. The van der Waals surface area contributed by atoms with Crippen molar-refractivity contribution in [2.75, 3.05) is 0 Å². The lowest BCUT2D eigenvalue weighted by Gasteiger charge is -2.22. The molecule has 0 nitrogen and oxygen atoms in total. The molecule has 4 fully saturated rings. The summed E-state index contributed by atoms with van der Waals surface area (Å²) < 4.78 is 0. The minimum absolute atomic E-state index is 0. The van der Waals surface area contributed by atoms with Gasteiger partial charge < -0.3 is 0 Å². The molecule has 14 rings (SSSR count). The van der Waals surface area contributed by atoms with E-state index in [0.717, 1.165) is 35.5 Å². The zero-order valence-corrected chi connectivity index (χ0v) is 53.8. The van der Waals surface area contributed by atoms with Crippen LogP contribution < -0.4 is 0 Å². The fourth-order valence-electron chi connectivity index (χ4n) is 13.9. The lowest BCUT2D eigenvalue weighted by atomic mass is 9.84. The van der Waals surface area contributed by atoms with Crippen molar-refractivity contribution in [3.63, 3.8) is 0 Å². The molecule has 0 aromatic heterocycles. The third-order valence-corrected chi connectivity index (χ3v) is 18.9. The molecule has 4 unspecified atom stereocenters. The molecular weight excluding hydrogens is 1080 g/mol. The molecule has 4 aliphatic rings. The van der Waals surface area contributed by atoms with Gasteiger partial charge in [0.2, 0.25) is 0 Å². The molecule has 0 aliphatic heterocycles. The van der Waals surface area contributed by atoms with Crippen molar-refractivity contribution in [3.05, 3.63) is 312 Å². The molecule has 0 radical (unpaired) electrons. The minimum Gasteiger partial charge on any atom is -0.0776 e. The van der Waals surface area contributed by atoms with E-state index in [4.69, 9.17) is 0 Å². The van der Waals surface area contributed by atoms with Gasteiger partial charge in [0, 0.05) is 0 Å². The smallest absolute Gasteiger partial charge is 0.0136 e. The highest BCUT2D eigenvalue weighted by Gasteiger charge is 2.32. The summed E-state index contributed by atoms with van der Waals surface area (Å²) in [6, 6.07) is 95.4. The summed E-state index contributed by atoms with van der Waals surface area (Å²) >= 11 is 0. The molecule has 90 heavy (non-hydrogen) atoms. The normalized spacial score (nSPS) is 17.0. The summed E-state index contributed by atoms with van der Waals surface area (Å²) in [6.45, 7) is 15.6. The molecule has 0 saturated heterocycles. The van der Waals surface area contributed by atoms with E-state index in [1.807, 2.05) is 24.3 Å². The quantitative estimate of drug-likeness (QED) is 0.149. The number of benzene rings is 10. The summed E-state index contributed by atoms with van der Waals surface area (Å²) in [5.41, 5.74) is 20.4. The molecule has 0 N–H and O–H groups in total. The maximum atomic E-state index is 2.47. The van der Waals surface area contributed by atoms with E-state index in [1.165, 1.54) is 143 Å². The van der Waals surface area contributed by atoms with Gasteiger partial charge in [-0.3, -0.25) is 0 Å². The Morgan fingerprint density at radius 3 is 0.844 bits per heavy atom. The first kappa shape index (κ1) is 72.9. The molecule has 4 aliphatic carbocycles. The maximum Gasteiger partial charge on any atom is -0.0136 e. The molecule has 10 aromatic rings. The van der Waals surface area contributed by atoms with Gasteiger partial charge >= 0.3 is 0 Å². The molecule has 0 bridgehead atoms.